The Morgan fingerprint density at radius 1 is 0.493 bits per heavy atom. The van der Waals surface area contributed by atoms with Crippen molar-refractivity contribution >= 4 is 63.0 Å². The maximum absolute atomic E-state index is 12.8. The van der Waals surface area contributed by atoms with E-state index in [2.05, 4.69) is 30.9 Å². The van der Waals surface area contributed by atoms with Crippen molar-refractivity contribution in [2.45, 2.75) is 109 Å². The molecular weight excluding hydrogens is 951 g/mol. The van der Waals surface area contributed by atoms with Gasteiger partial charge in [-0.2, -0.15) is 0 Å². The van der Waals surface area contributed by atoms with Gasteiger partial charge in [-0.05, 0) is 82.0 Å². The summed E-state index contributed by atoms with van der Waals surface area (Å²) < 4.78 is 12.9. The Hall–Kier alpha value is -7.80. The number of imide groups is 2. The Kier molecular flexibility index (Phi) is 13.0. The van der Waals surface area contributed by atoms with E-state index in [9.17, 15) is 52.7 Å². The average Bonchev–Trinajstić information content (AvgIpc) is 4.18. The highest BCUT2D eigenvalue weighted by Crippen LogP contribution is 2.44. The van der Waals surface area contributed by atoms with Gasteiger partial charge in [0.25, 0.3) is 22.6 Å². The van der Waals surface area contributed by atoms with Gasteiger partial charge < -0.3 is 19.0 Å². The van der Waals surface area contributed by atoms with Crippen molar-refractivity contribution in [3.8, 4) is 0 Å². The first-order valence-electron chi connectivity index (χ1n) is 24.5. The summed E-state index contributed by atoms with van der Waals surface area (Å²) >= 11 is 0. The molecule has 0 unspecified atom stereocenters. The molecule has 6 aromatic heterocycles. The Morgan fingerprint density at radius 3 is 1.21 bits per heavy atom. The van der Waals surface area contributed by atoms with Gasteiger partial charge in [-0.3, -0.25) is 71.6 Å². The molecule has 0 radical (unpaired) electrons. The Balaban J connectivity index is 0.000000136. The van der Waals surface area contributed by atoms with Crippen LogP contribution in [0.25, 0.3) is 33.5 Å². The van der Waals surface area contributed by atoms with E-state index in [4.69, 9.17) is 0 Å². The number of amides is 5. The van der Waals surface area contributed by atoms with Gasteiger partial charge in [-0.1, -0.05) is 0 Å². The van der Waals surface area contributed by atoms with Gasteiger partial charge in [0.1, 0.15) is 11.3 Å². The van der Waals surface area contributed by atoms with E-state index in [0.717, 1.165) is 12.8 Å². The highest BCUT2D eigenvalue weighted by molar-refractivity contribution is 6.07. The van der Waals surface area contributed by atoms with Gasteiger partial charge in [0, 0.05) is 81.2 Å². The lowest BCUT2D eigenvalue weighted by molar-refractivity contribution is -0.130. The van der Waals surface area contributed by atoms with E-state index in [1.54, 1.807) is 56.0 Å². The summed E-state index contributed by atoms with van der Waals surface area (Å²) in [6.45, 7) is 0.983. The predicted molar refractivity (Wildman–Crippen MR) is 261 cm³/mol. The molecule has 0 bridgehead atoms. The van der Waals surface area contributed by atoms with Crippen LogP contribution in [0.3, 0.4) is 0 Å². The summed E-state index contributed by atoms with van der Waals surface area (Å²) in [4.78, 5) is 146. The SMILES string of the molecule is Cn1cnc2c1c(=O)n(CC1CCC(=O)CC1)c(=O)n2C.Cn1cnc2c1c(=O)n(CC1CCC3(CC1)CC(=O)NC3=O)c(=O)n2C.Cn1cnc2c1c(=O)n(CC1CCC3(CC1)NC(=O)NC3=O)c(=O)n2C. The zero-order chi connectivity index (χ0) is 52.4. The number of nitrogens with one attached hydrogen (secondary N) is 3. The Morgan fingerprint density at radius 2 is 0.863 bits per heavy atom. The smallest absolute Gasteiger partial charge is 0.328 e. The molecule has 3 aliphatic carbocycles. The number of ketones is 1. The first-order chi connectivity index (χ1) is 34.6. The maximum Gasteiger partial charge on any atom is 0.332 e. The van der Waals surface area contributed by atoms with Crippen LogP contribution in [0.15, 0.2) is 47.7 Å². The van der Waals surface area contributed by atoms with Crippen LogP contribution in [0.2, 0.25) is 0 Å². The normalized spacial score (nSPS) is 23.2. The van der Waals surface area contributed by atoms with Crippen molar-refractivity contribution in [2.24, 2.45) is 65.5 Å². The topological polar surface area (TPSA) is 307 Å². The molecule has 2 spiro atoms. The number of carbonyl (C=O) groups excluding carboxylic acids is 5. The number of carbonyl (C=O) groups is 5. The molecule has 26 heteroatoms. The molecule has 6 aromatic rings. The van der Waals surface area contributed by atoms with E-state index in [-0.39, 0.29) is 82.3 Å². The molecule has 3 N–H and O–H groups in total. The summed E-state index contributed by atoms with van der Waals surface area (Å²) in [5, 5.41) is 7.40. The minimum atomic E-state index is -0.838. The molecule has 73 heavy (non-hydrogen) atoms. The number of aryl methyl sites for hydroxylation is 6. The molecule has 5 fully saturated rings. The van der Waals surface area contributed by atoms with Gasteiger partial charge >= 0.3 is 23.1 Å². The molecule has 0 aromatic carbocycles. The van der Waals surface area contributed by atoms with Crippen LogP contribution >= 0.6 is 0 Å². The van der Waals surface area contributed by atoms with Crippen LogP contribution in [0, 0.1) is 23.2 Å². The molecule has 11 rings (SSSR count). The lowest BCUT2D eigenvalue weighted by Gasteiger charge is -2.34. The number of rotatable bonds is 6. The van der Waals surface area contributed by atoms with E-state index in [1.807, 2.05) is 0 Å². The molecule has 26 nitrogen and oxygen atoms in total. The third kappa shape index (κ3) is 8.88. The third-order valence-corrected chi connectivity index (χ3v) is 15.9. The van der Waals surface area contributed by atoms with Crippen LogP contribution in [0.1, 0.15) is 83.5 Å². The molecule has 5 aliphatic rings. The van der Waals surface area contributed by atoms with E-state index >= 15 is 0 Å². The van der Waals surface area contributed by atoms with Gasteiger partial charge in [0.2, 0.25) is 11.8 Å². The molecule has 2 saturated heterocycles. The fourth-order valence-corrected chi connectivity index (χ4v) is 11.4. The minimum Gasteiger partial charge on any atom is -0.328 e. The van der Waals surface area contributed by atoms with Gasteiger partial charge in [-0.25, -0.2) is 34.1 Å². The number of fused-ring (bicyclic) bond motifs is 3. The van der Waals surface area contributed by atoms with Crippen molar-refractivity contribution in [1.82, 2.24) is 72.0 Å². The quantitative estimate of drug-likeness (QED) is 0.134. The predicted octanol–water partition coefficient (Wildman–Crippen LogP) is -0.948. The second kappa shape index (κ2) is 19.0. The number of imidazole rings is 3. The standard InChI is InChI=1S/C17H21N5O4.C16H20N6O4.C14H18N4O3/c1-20-9-18-13-12(20)14(24)22(16(26)21(13)2)8-10-3-5-17(6-4-10)7-11(23)19-15(17)25;1-20-8-17-11-10(20)12(23)22(15(26)21(11)2)7-9-3-5-16(6-4-9)13(24)18-14(25)19-16;1-16-8-15-12-11(16)13(20)18(14(21)17(12)2)7-9-3-5-10(19)6-4-9/h9-10H,3-8H2,1-2H3,(H,19,23,25);8-9H,3-7H2,1-2H3,(H2,18,19,24,25);8-9H,3-7H2,1-2H3. The largest absolute Gasteiger partial charge is 0.332 e. The van der Waals surface area contributed by atoms with Crippen molar-refractivity contribution in [3.05, 3.63) is 81.5 Å². The summed E-state index contributed by atoms with van der Waals surface area (Å²) in [6.07, 6.45) is 12.3. The van der Waals surface area contributed by atoms with Crippen molar-refractivity contribution in [1.29, 1.82) is 0 Å². The first-order valence-corrected chi connectivity index (χ1v) is 24.5. The number of hydrogen-bond acceptors (Lipinski definition) is 14. The minimum absolute atomic E-state index is 0.0852. The molecule has 2 aliphatic heterocycles. The van der Waals surface area contributed by atoms with Gasteiger partial charge in [0.15, 0.2) is 33.5 Å². The average molecular weight is 1010 g/mol. The molecule has 388 valence electrons. The lowest BCUT2D eigenvalue weighted by atomic mass is 9.69. The Bertz CT molecular complexity index is 3470. The van der Waals surface area contributed by atoms with Gasteiger partial charge in [0.05, 0.1) is 24.4 Å². The van der Waals surface area contributed by atoms with Crippen molar-refractivity contribution in [3.63, 3.8) is 0 Å². The molecule has 0 atom stereocenters. The van der Waals surface area contributed by atoms with E-state index in [1.165, 1.54) is 46.4 Å². The highest BCUT2D eigenvalue weighted by atomic mass is 16.2. The van der Waals surface area contributed by atoms with E-state index in [0.29, 0.717) is 111 Å². The molecule has 8 heterocycles. The number of urea groups is 1. The monoisotopic (exact) mass is 1010 g/mol. The number of aromatic nitrogens is 12. The second-order valence-corrected chi connectivity index (χ2v) is 20.5. The number of nitrogens with zero attached hydrogens (tertiary/aromatic N) is 12. The summed E-state index contributed by atoms with van der Waals surface area (Å²) in [7, 11) is 10.0. The first kappa shape index (κ1) is 50.2. The van der Waals surface area contributed by atoms with Crippen LogP contribution in [-0.2, 0) is 81.1 Å². The maximum atomic E-state index is 12.8. The number of hydrogen-bond donors (Lipinski definition) is 3. The van der Waals surface area contributed by atoms with Crippen molar-refractivity contribution in [2.75, 3.05) is 0 Å². The highest BCUT2D eigenvalue weighted by Gasteiger charge is 2.49. The third-order valence-electron chi connectivity index (χ3n) is 15.9. The molecular formula is C47H59N15O11. The lowest BCUT2D eigenvalue weighted by Crippen LogP contribution is -2.50. The fraction of sp³-hybridized carbons (Fsp3) is 0.574. The Labute approximate surface area is 413 Å². The zero-order valence-corrected chi connectivity index (χ0v) is 41.6. The fourth-order valence-electron chi connectivity index (χ4n) is 11.4. The van der Waals surface area contributed by atoms with Gasteiger partial charge in [-0.15, -0.1) is 0 Å². The molecule has 5 amide bonds. The second-order valence-electron chi connectivity index (χ2n) is 20.5. The molecule has 3 saturated carbocycles. The van der Waals surface area contributed by atoms with Crippen molar-refractivity contribution < 1.29 is 24.0 Å². The number of Topliss-reactive ketones (excluding diaryl/α,β-unsaturated/α-hetero) is 1. The van der Waals surface area contributed by atoms with Crippen LogP contribution in [-0.4, -0.2) is 91.1 Å². The van der Waals surface area contributed by atoms with Crippen LogP contribution in [0.4, 0.5) is 4.79 Å². The van der Waals surface area contributed by atoms with E-state index < -0.39 is 22.7 Å². The zero-order valence-electron chi connectivity index (χ0n) is 41.6. The van der Waals surface area contributed by atoms with Crippen LogP contribution in [0.5, 0.6) is 0 Å². The summed E-state index contributed by atoms with van der Waals surface area (Å²) in [5.74, 6) is 0.0189. The summed E-state index contributed by atoms with van der Waals surface area (Å²) in [5.41, 5.74) is -1.16. The van der Waals surface area contributed by atoms with Crippen LogP contribution < -0.4 is 49.7 Å². The summed E-state index contributed by atoms with van der Waals surface area (Å²) in [6, 6.07) is -0.458.